The number of carbonyl (C=O) groups excluding carboxylic acids is 3. The number of aromatic nitrogens is 6. The first-order chi connectivity index (χ1) is 39.3. The first-order valence-electron chi connectivity index (χ1n) is 24.4. The molecule has 0 fully saturated rings. The fourth-order valence-electron chi connectivity index (χ4n) is 7.79. The second kappa shape index (κ2) is 28.3. The fourth-order valence-corrected chi connectivity index (χ4v) is 14.5. The molecule has 0 saturated heterocycles. The summed E-state index contributed by atoms with van der Waals surface area (Å²) in [6, 6.07) is 35.0. The molecule has 81 heavy (non-hydrogen) atoms. The molecule has 0 radical (unpaired) electrons. The minimum absolute atomic E-state index is 0.187. The second-order valence-electron chi connectivity index (χ2n) is 17.1. The molecular weight excluding hydrogens is 1290 g/mol. The molecule has 12 aromatic rings. The average molecular weight is 1330 g/mol. The van der Waals surface area contributed by atoms with E-state index in [4.69, 9.17) is 61.6 Å². The van der Waals surface area contributed by atoms with E-state index in [1.54, 1.807) is 47.9 Å². The third kappa shape index (κ3) is 15.0. The first kappa shape index (κ1) is 59.5. The molecule has 0 saturated carbocycles. The summed E-state index contributed by atoms with van der Waals surface area (Å²) in [6.07, 6.45) is 1.34. The molecule has 0 aliphatic heterocycles. The Morgan fingerprint density at radius 2 is 0.840 bits per heavy atom. The number of thiophene rings is 6. The van der Waals surface area contributed by atoms with Gasteiger partial charge in [0.15, 0.2) is 22.2 Å². The van der Waals surface area contributed by atoms with Crippen LogP contribution < -0.4 is 5.73 Å². The summed E-state index contributed by atoms with van der Waals surface area (Å²) >= 11 is 36.8. The summed E-state index contributed by atoms with van der Waals surface area (Å²) < 4.78 is 12.4. The van der Waals surface area contributed by atoms with Gasteiger partial charge in [0.1, 0.15) is 0 Å². The summed E-state index contributed by atoms with van der Waals surface area (Å²) in [5.74, 6) is -1.51. The normalized spacial score (nSPS) is 10.9. The topological polar surface area (TPSA) is 173 Å². The molecule has 0 aliphatic carbocycles. The molecule has 0 unspecified atom stereocenters. The Morgan fingerprint density at radius 3 is 1.20 bits per heavy atom. The summed E-state index contributed by atoms with van der Waals surface area (Å²) in [5.41, 5.74) is 14.6. The highest BCUT2D eigenvalue weighted by Gasteiger charge is 2.23. The maximum Gasteiger partial charge on any atom is 0.360 e. The Kier molecular flexibility index (Phi) is 20.8. The van der Waals surface area contributed by atoms with Crippen molar-refractivity contribution in [1.29, 1.82) is 0 Å². The molecule has 9 aromatic heterocycles. The molecule has 12 nitrogen and oxygen atoms in total. The van der Waals surface area contributed by atoms with E-state index in [9.17, 15) is 14.4 Å². The maximum atomic E-state index is 12.3. The van der Waals surface area contributed by atoms with E-state index in [-0.39, 0.29) is 28.8 Å². The largest absolute Gasteiger partial charge is 0.461 e. The predicted octanol–water partition coefficient (Wildman–Crippen LogP) is 18.1. The number of amides is 1. The van der Waals surface area contributed by atoms with Crippen molar-refractivity contribution in [3.8, 4) is 31.3 Å². The van der Waals surface area contributed by atoms with Crippen LogP contribution in [0.2, 0.25) is 20.2 Å². The lowest BCUT2D eigenvalue weighted by molar-refractivity contribution is 0.0511. The van der Waals surface area contributed by atoms with Crippen molar-refractivity contribution in [2.45, 2.75) is 32.0 Å². The van der Waals surface area contributed by atoms with Crippen LogP contribution in [0, 0.1) is 0 Å². The summed E-state index contributed by atoms with van der Waals surface area (Å²) in [4.78, 5) is 39.1. The number of fused-ring (bicyclic) bond motifs is 3. The number of esters is 2. The van der Waals surface area contributed by atoms with Crippen LogP contribution in [-0.4, -0.2) is 61.7 Å². The Bertz CT molecular complexity index is 4090. The van der Waals surface area contributed by atoms with Crippen molar-refractivity contribution in [3.63, 3.8) is 0 Å². The van der Waals surface area contributed by atoms with Gasteiger partial charge in [-0.3, -0.25) is 4.79 Å². The van der Waals surface area contributed by atoms with E-state index in [0.717, 1.165) is 68.2 Å². The van der Waals surface area contributed by atoms with Crippen LogP contribution in [0.5, 0.6) is 0 Å². The van der Waals surface area contributed by atoms with Crippen molar-refractivity contribution in [2.75, 3.05) is 13.2 Å². The molecule has 0 atom stereocenters. The number of benzene rings is 3. The van der Waals surface area contributed by atoms with Crippen LogP contribution in [0.1, 0.15) is 73.4 Å². The molecule has 2 N–H and O–H groups in total. The lowest BCUT2D eigenvalue weighted by atomic mass is 10.1. The number of alkyl halides is 1. The molecule has 9 heterocycles. The van der Waals surface area contributed by atoms with Gasteiger partial charge in [-0.25, -0.2) is 9.59 Å². The fraction of sp³-hybridized carbons (Fsp3) is 0.121. The third-order valence-electron chi connectivity index (χ3n) is 11.7. The monoisotopic (exact) mass is 1330 g/mol. The van der Waals surface area contributed by atoms with Gasteiger partial charge in [-0.15, -0.1) is 54.4 Å². The van der Waals surface area contributed by atoms with E-state index in [1.807, 2.05) is 95.7 Å². The van der Waals surface area contributed by atoms with Gasteiger partial charge < -0.3 is 15.2 Å². The molecule has 410 valence electrons. The van der Waals surface area contributed by atoms with E-state index in [0.29, 0.717) is 44.6 Å². The number of hydrogen-bond donors (Lipinski definition) is 1. The lowest BCUT2D eigenvalue weighted by Gasteiger charge is -2.04. The SMILES string of the molecule is BrCc1ccsc1.CCOC(=O)c1nnc(Cc2ccsc2)c2cc(-c3ccc(Cl)cc3)sc12.CCOC(=O)c1nnc(Cl)c2cc(-c3ccc(Cl)cc3)sc12.NC(=O)c1nnc(Cc2ccsc2)c2cc(-c3ccc(Cl)cc3)sc12. The van der Waals surface area contributed by atoms with Crippen LogP contribution >= 0.6 is 130 Å². The Morgan fingerprint density at radius 1 is 0.481 bits per heavy atom. The number of halogens is 5. The van der Waals surface area contributed by atoms with Gasteiger partial charge in [-0.1, -0.05) is 98.7 Å². The van der Waals surface area contributed by atoms with E-state index in [1.165, 1.54) is 50.7 Å². The van der Waals surface area contributed by atoms with Crippen molar-refractivity contribution >= 4 is 178 Å². The predicted molar refractivity (Wildman–Crippen MR) is 340 cm³/mol. The van der Waals surface area contributed by atoms with E-state index in [2.05, 4.69) is 92.3 Å². The van der Waals surface area contributed by atoms with E-state index < -0.39 is 17.8 Å². The molecule has 12 rings (SSSR count). The summed E-state index contributed by atoms with van der Waals surface area (Å²) in [7, 11) is 0. The smallest absolute Gasteiger partial charge is 0.360 e. The molecule has 0 aliphatic rings. The van der Waals surface area contributed by atoms with Crippen LogP contribution in [-0.2, 0) is 27.6 Å². The van der Waals surface area contributed by atoms with Gasteiger partial charge >= 0.3 is 11.9 Å². The number of nitrogens with two attached hydrogens (primary N) is 1. The molecule has 1 amide bonds. The number of nitrogens with zero attached hydrogens (tertiary/aromatic N) is 6. The lowest BCUT2D eigenvalue weighted by Crippen LogP contribution is -2.14. The number of rotatable bonds is 13. The van der Waals surface area contributed by atoms with Gasteiger partial charge in [0.05, 0.1) is 38.7 Å². The maximum absolute atomic E-state index is 12.3. The Balaban J connectivity index is 0.000000139. The number of primary amides is 1. The third-order valence-corrected chi connectivity index (χ3v) is 19.1. The van der Waals surface area contributed by atoms with Crippen LogP contribution in [0.3, 0.4) is 0 Å². The molecule has 0 spiro atoms. The summed E-state index contributed by atoms with van der Waals surface area (Å²) in [5, 5.41) is 42.9. The molecular formula is C58H42BrCl4N7O5S6. The zero-order chi connectivity index (χ0) is 57.0. The van der Waals surface area contributed by atoms with Gasteiger partial charge in [-0.05, 0) is 152 Å². The second-order valence-corrected chi connectivity index (χ2v) is 24.8. The summed E-state index contributed by atoms with van der Waals surface area (Å²) in [6.45, 7) is 4.10. The van der Waals surface area contributed by atoms with Gasteiger partial charge in [0, 0.05) is 64.0 Å². The Hall–Kier alpha value is -6.07. The van der Waals surface area contributed by atoms with Crippen molar-refractivity contribution in [2.24, 2.45) is 5.73 Å². The van der Waals surface area contributed by atoms with Crippen molar-refractivity contribution < 1.29 is 23.9 Å². The van der Waals surface area contributed by atoms with Gasteiger partial charge in [0.25, 0.3) is 5.91 Å². The van der Waals surface area contributed by atoms with Crippen LogP contribution in [0.25, 0.3) is 61.6 Å². The number of carbonyl (C=O) groups is 3. The van der Waals surface area contributed by atoms with Crippen molar-refractivity contribution in [1.82, 2.24) is 30.6 Å². The average Bonchev–Trinajstić information content (AvgIpc) is 4.48. The molecule has 0 bridgehead atoms. The van der Waals surface area contributed by atoms with Gasteiger partial charge in [-0.2, -0.15) is 44.2 Å². The van der Waals surface area contributed by atoms with E-state index >= 15 is 0 Å². The first-order valence-corrected chi connectivity index (χ1v) is 32.3. The number of hydrogen-bond acceptors (Lipinski definition) is 17. The van der Waals surface area contributed by atoms with Gasteiger partial charge in [0.2, 0.25) is 0 Å². The molecule has 23 heteroatoms. The standard InChI is InChI=1S/C20H15ClN2O2S2.C18H12ClN3OS2.C15H10Cl2N2O2S.C5H5BrS/c1-2-25-20(24)18-19-15(16(22-23-18)9-12-7-8-26-11-12)10-17(27-19)13-3-5-14(21)6-4-13;19-12-3-1-11(2-4-12)15-8-13-14(7-10-5-6-24-9-10)21-22-16(18(20)23)17(13)25-15;1-2-21-15(20)12-13-10(14(17)19-18-12)7-11(22-13)8-3-5-9(16)6-4-8;6-3-5-1-2-7-4-5/h3-8,10-11H,2,9H2,1H3;1-6,8-9H,7H2,(H2,20,23);3-7H,2H2,1H3;1-2,4H,3H2. The quantitative estimate of drug-likeness (QED) is 0.0860. The van der Waals surface area contributed by atoms with Crippen molar-refractivity contribution in [3.05, 3.63) is 207 Å². The minimum atomic E-state index is -0.566. The van der Waals surface area contributed by atoms with Crippen LogP contribution in [0.4, 0.5) is 0 Å². The minimum Gasteiger partial charge on any atom is -0.461 e. The zero-order valence-electron chi connectivity index (χ0n) is 42.5. The molecule has 3 aromatic carbocycles. The Labute approximate surface area is 517 Å². The van der Waals surface area contributed by atoms with Crippen LogP contribution in [0.15, 0.2) is 141 Å². The number of ether oxygens (including phenoxy) is 2. The highest BCUT2D eigenvalue weighted by Crippen LogP contribution is 2.40. The highest BCUT2D eigenvalue weighted by atomic mass is 79.9. The highest BCUT2D eigenvalue weighted by molar-refractivity contribution is 9.08. The zero-order valence-corrected chi connectivity index (χ0v) is 52.0.